The average molecular weight is 229 g/mol. The molecule has 0 spiro atoms. The first-order valence-corrected chi connectivity index (χ1v) is 5.86. The van der Waals surface area contributed by atoms with Gasteiger partial charge < -0.3 is 4.74 Å². The highest BCUT2D eigenvalue weighted by Gasteiger charge is 2.45. The summed E-state index contributed by atoms with van der Waals surface area (Å²) in [5, 5.41) is 0. The lowest BCUT2D eigenvalue weighted by atomic mass is 10.1. The van der Waals surface area contributed by atoms with Gasteiger partial charge in [0.2, 0.25) is 0 Å². The van der Waals surface area contributed by atoms with Crippen molar-refractivity contribution in [3.05, 3.63) is 47.0 Å². The fraction of sp³-hybridized carbons (Fsp3) is 0.357. The van der Waals surface area contributed by atoms with Crippen LogP contribution in [0.2, 0.25) is 0 Å². The van der Waals surface area contributed by atoms with Crippen LogP contribution in [-0.2, 0) is 9.53 Å². The van der Waals surface area contributed by atoms with Crippen LogP contribution in [0.3, 0.4) is 0 Å². The lowest BCUT2D eigenvalue weighted by Crippen LogP contribution is -2.33. The molecule has 0 N–H and O–H groups in total. The van der Waals surface area contributed by atoms with E-state index in [0.29, 0.717) is 6.61 Å². The van der Waals surface area contributed by atoms with Gasteiger partial charge in [0.05, 0.1) is 12.6 Å². The second kappa shape index (κ2) is 3.70. The van der Waals surface area contributed by atoms with Crippen LogP contribution in [0.5, 0.6) is 0 Å². The van der Waals surface area contributed by atoms with Gasteiger partial charge in [0.15, 0.2) is 6.23 Å². The van der Waals surface area contributed by atoms with Crippen molar-refractivity contribution in [3.63, 3.8) is 0 Å². The fourth-order valence-corrected chi connectivity index (χ4v) is 2.57. The maximum Gasteiger partial charge on any atom is 0.252 e. The van der Waals surface area contributed by atoms with Gasteiger partial charge in [-0.05, 0) is 19.4 Å². The number of carbonyl (C=O) groups excluding carboxylic acids is 1. The van der Waals surface area contributed by atoms with E-state index in [4.69, 9.17) is 4.74 Å². The molecular weight excluding hydrogens is 214 g/mol. The maximum absolute atomic E-state index is 12.2. The van der Waals surface area contributed by atoms with Gasteiger partial charge in [-0.25, -0.2) is 0 Å². The molecule has 3 nitrogen and oxygen atoms in total. The molecule has 0 radical (unpaired) electrons. The van der Waals surface area contributed by atoms with Crippen LogP contribution in [0.25, 0.3) is 0 Å². The predicted octanol–water partition coefficient (Wildman–Crippen LogP) is 2.26. The molecule has 2 aliphatic rings. The predicted molar refractivity (Wildman–Crippen MR) is 64.1 cm³/mol. The molecule has 17 heavy (non-hydrogen) atoms. The normalized spacial score (nSPS) is 27.9. The van der Waals surface area contributed by atoms with Gasteiger partial charge in [0, 0.05) is 11.1 Å². The van der Waals surface area contributed by atoms with Crippen LogP contribution in [0.1, 0.15) is 25.6 Å². The van der Waals surface area contributed by atoms with Crippen molar-refractivity contribution in [1.82, 2.24) is 4.90 Å². The summed E-state index contributed by atoms with van der Waals surface area (Å²) in [6, 6.07) is 10.1. The summed E-state index contributed by atoms with van der Waals surface area (Å²) in [4.78, 5) is 14.0. The highest BCUT2D eigenvalue weighted by Crippen LogP contribution is 2.39. The molecular formula is C14H15NO2. The van der Waals surface area contributed by atoms with Crippen LogP contribution < -0.4 is 0 Å². The van der Waals surface area contributed by atoms with Crippen LogP contribution in [0.15, 0.2) is 41.5 Å². The van der Waals surface area contributed by atoms with Crippen molar-refractivity contribution in [2.75, 3.05) is 6.61 Å². The molecule has 2 aliphatic heterocycles. The Morgan fingerprint density at radius 1 is 1.24 bits per heavy atom. The Hall–Kier alpha value is -1.61. The largest absolute Gasteiger partial charge is 0.351 e. The van der Waals surface area contributed by atoms with Gasteiger partial charge >= 0.3 is 0 Å². The van der Waals surface area contributed by atoms with E-state index in [1.807, 2.05) is 49.1 Å². The fourth-order valence-electron chi connectivity index (χ4n) is 2.57. The summed E-state index contributed by atoms with van der Waals surface area (Å²) in [5.74, 6) is 0.110. The van der Waals surface area contributed by atoms with Crippen molar-refractivity contribution >= 4 is 5.91 Å². The lowest BCUT2D eigenvalue weighted by molar-refractivity contribution is -0.131. The van der Waals surface area contributed by atoms with Gasteiger partial charge in [-0.15, -0.1) is 0 Å². The number of fused-ring (bicyclic) bond motifs is 1. The highest BCUT2D eigenvalue weighted by molar-refractivity contribution is 5.97. The van der Waals surface area contributed by atoms with E-state index >= 15 is 0 Å². The van der Waals surface area contributed by atoms with E-state index in [-0.39, 0.29) is 18.2 Å². The smallest absolute Gasteiger partial charge is 0.252 e. The van der Waals surface area contributed by atoms with Gasteiger partial charge in [-0.3, -0.25) is 9.69 Å². The number of amides is 1. The van der Waals surface area contributed by atoms with Gasteiger partial charge in [-0.1, -0.05) is 30.3 Å². The van der Waals surface area contributed by atoms with Crippen molar-refractivity contribution in [2.24, 2.45) is 0 Å². The zero-order valence-electron chi connectivity index (χ0n) is 10.0. The maximum atomic E-state index is 12.2. The van der Waals surface area contributed by atoms with E-state index in [9.17, 15) is 4.79 Å². The Balaban J connectivity index is 1.96. The van der Waals surface area contributed by atoms with Crippen LogP contribution in [0.4, 0.5) is 0 Å². The molecule has 0 aromatic heterocycles. The highest BCUT2D eigenvalue weighted by atomic mass is 16.5. The second-order valence-corrected chi connectivity index (χ2v) is 4.63. The lowest BCUT2D eigenvalue weighted by Gasteiger charge is -2.23. The van der Waals surface area contributed by atoms with Crippen LogP contribution in [0, 0.1) is 0 Å². The molecule has 2 unspecified atom stereocenters. The molecule has 1 aromatic carbocycles. The zero-order valence-corrected chi connectivity index (χ0v) is 10.0. The molecule has 1 fully saturated rings. The number of hydrogen-bond donors (Lipinski definition) is 0. The first kappa shape index (κ1) is 10.5. The SMILES string of the molecule is CC1=C(C)C2COC(c3ccccc3)N2C1=O. The summed E-state index contributed by atoms with van der Waals surface area (Å²) in [7, 11) is 0. The third-order valence-electron chi connectivity index (χ3n) is 3.73. The van der Waals surface area contributed by atoms with E-state index in [1.165, 1.54) is 0 Å². The molecule has 2 atom stereocenters. The Labute approximate surface area is 101 Å². The van der Waals surface area contributed by atoms with Crippen molar-refractivity contribution < 1.29 is 9.53 Å². The van der Waals surface area contributed by atoms with Crippen molar-refractivity contribution in [1.29, 1.82) is 0 Å². The Morgan fingerprint density at radius 2 is 1.94 bits per heavy atom. The monoisotopic (exact) mass is 229 g/mol. The Bertz CT molecular complexity index is 492. The molecule has 1 aromatic rings. The molecule has 3 rings (SSSR count). The number of ether oxygens (including phenoxy) is 1. The number of hydrogen-bond acceptors (Lipinski definition) is 2. The molecule has 1 amide bonds. The standard InChI is InChI=1S/C14H15NO2/c1-9-10(2)13(16)15-12(9)8-17-14(15)11-6-4-3-5-7-11/h3-7,12,14H,8H2,1-2H3. The van der Waals surface area contributed by atoms with Crippen LogP contribution >= 0.6 is 0 Å². The van der Waals surface area contributed by atoms with Crippen LogP contribution in [-0.4, -0.2) is 23.5 Å². The van der Waals surface area contributed by atoms with Crippen molar-refractivity contribution in [2.45, 2.75) is 26.1 Å². The van der Waals surface area contributed by atoms with E-state index < -0.39 is 0 Å². The summed E-state index contributed by atoms with van der Waals surface area (Å²) in [6.07, 6.45) is -0.221. The second-order valence-electron chi connectivity index (χ2n) is 4.63. The topological polar surface area (TPSA) is 29.5 Å². The minimum absolute atomic E-state index is 0.110. The minimum atomic E-state index is -0.221. The Kier molecular flexibility index (Phi) is 2.30. The molecule has 1 saturated heterocycles. The van der Waals surface area contributed by atoms with E-state index in [2.05, 4.69) is 0 Å². The van der Waals surface area contributed by atoms with Gasteiger partial charge in [-0.2, -0.15) is 0 Å². The molecule has 2 heterocycles. The Morgan fingerprint density at radius 3 is 2.65 bits per heavy atom. The van der Waals surface area contributed by atoms with Gasteiger partial charge in [0.1, 0.15) is 0 Å². The molecule has 0 saturated carbocycles. The quantitative estimate of drug-likeness (QED) is 0.739. The average Bonchev–Trinajstić information content (AvgIpc) is 2.88. The zero-order chi connectivity index (χ0) is 12.0. The summed E-state index contributed by atoms with van der Waals surface area (Å²) >= 11 is 0. The van der Waals surface area contributed by atoms with E-state index in [0.717, 1.165) is 16.7 Å². The number of rotatable bonds is 1. The minimum Gasteiger partial charge on any atom is -0.351 e. The van der Waals surface area contributed by atoms with E-state index in [1.54, 1.807) is 0 Å². The number of carbonyl (C=O) groups is 1. The third kappa shape index (κ3) is 1.42. The molecule has 0 aliphatic carbocycles. The summed E-state index contributed by atoms with van der Waals surface area (Å²) < 4.78 is 5.77. The molecule has 88 valence electrons. The molecule has 3 heteroatoms. The number of benzene rings is 1. The number of nitrogens with zero attached hydrogens (tertiary/aromatic N) is 1. The third-order valence-corrected chi connectivity index (χ3v) is 3.73. The van der Waals surface area contributed by atoms with Crippen molar-refractivity contribution in [3.8, 4) is 0 Å². The first-order valence-electron chi connectivity index (χ1n) is 5.86. The van der Waals surface area contributed by atoms with Gasteiger partial charge in [0.25, 0.3) is 5.91 Å². The summed E-state index contributed by atoms with van der Waals surface area (Å²) in [6.45, 7) is 4.53. The molecule has 0 bridgehead atoms. The first-order chi connectivity index (χ1) is 8.20. The summed E-state index contributed by atoms with van der Waals surface area (Å²) in [5.41, 5.74) is 3.07.